The highest BCUT2D eigenvalue weighted by Gasteiger charge is 2.06. The first-order valence-corrected chi connectivity index (χ1v) is 8.49. The summed E-state index contributed by atoms with van der Waals surface area (Å²) in [4.78, 5) is 12.1. The smallest absolute Gasteiger partial charge is 0.271 e. The Morgan fingerprint density at radius 3 is 2.42 bits per heavy atom. The molecule has 3 aromatic rings. The molecule has 3 aromatic carbocycles. The molecule has 0 unspecified atom stereocenters. The number of rotatable bonds is 5. The molecule has 0 saturated heterocycles. The summed E-state index contributed by atoms with van der Waals surface area (Å²) < 4.78 is 5.76. The van der Waals surface area contributed by atoms with E-state index in [1.54, 1.807) is 12.1 Å². The van der Waals surface area contributed by atoms with Crippen molar-refractivity contribution in [1.29, 1.82) is 0 Å². The largest absolute Gasteiger partial charge is 0.457 e. The van der Waals surface area contributed by atoms with Gasteiger partial charge in [0.2, 0.25) is 0 Å². The minimum absolute atomic E-state index is 0.314. The second kappa shape index (κ2) is 8.52. The minimum atomic E-state index is -0.378. The lowest BCUT2D eigenvalue weighted by atomic mass is 10.2. The maximum absolute atomic E-state index is 12.1. The highest BCUT2D eigenvalue weighted by atomic mass is 35.5. The third-order valence-electron chi connectivity index (χ3n) is 3.40. The Balaban J connectivity index is 1.64. The first-order chi connectivity index (χ1) is 12.6. The number of carbonyl (C=O) groups is 1. The summed E-state index contributed by atoms with van der Waals surface area (Å²) in [5, 5.41) is 4.67. The molecule has 0 aliphatic carbocycles. The molecule has 0 aromatic heterocycles. The number of hydrogen-bond acceptors (Lipinski definition) is 3. The van der Waals surface area contributed by atoms with Gasteiger partial charge in [0.15, 0.2) is 0 Å². The Bertz CT molecular complexity index is 944. The molecule has 4 nitrogen and oxygen atoms in total. The van der Waals surface area contributed by atoms with E-state index < -0.39 is 0 Å². The van der Waals surface area contributed by atoms with Gasteiger partial charge in [0.1, 0.15) is 11.5 Å². The van der Waals surface area contributed by atoms with Gasteiger partial charge in [0.25, 0.3) is 5.91 Å². The van der Waals surface area contributed by atoms with E-state index in [4.69, 9.17) is 27.9 Å². The Kier molecular flexibility index (Phi) is 5.89. The van der Waals surface area contributed by atoms with Gasteiger partial charge in [0.05, 0.1) is 16.3 Å². The van der Waals surface area contributed by atoms with Crippen molar-refractivity contribution in [3.05, 3.63) is 94.0 Å². The van der Waals surface area contributed by atoms with Crippen LogP contribution in [-0.2, 0) is 0 Å². The van der Waals surface area contributed by atoms with Crippen molar-refractivity contribution in [2.24, 2.45) is 5.10 Å². The fraction of sp³-hybridized carbons (Fsp3) is 0. The van der Waals surface area contributed by atoms with Crippen LogP contribution >= 0.6 is 23.2 Å². The zero-order valence-electron chi connectivity index (χ0n) is 13.5. The number of amides is 1. The molecule has 0 aliphatic heterocycles. The Morgan fingerprint density at radius 2 is 1.65 bits per heavy atom. The number of benzene rings is 3. The number of hydrogen-bond donors (Lipinski definition) is 1. The van der Waals surface area contributed by atoms with E-state index in [9.17, 15) is 4.79 Å². The summed E-state index contributed by atoms with van der Waals surface area (Å²) in [6.07, 6.45) is 1.53. The molecule has 0 radical (unpaired) electrons. The molecule has 0 bridgehead atoms. The second-order valence-corrected chi connectivity index (χ2v) is 6.13. The third-order valence-corrected chi connectivity index (χ3v) is 4.14. The molecule has 0 spiro atoms. The van der Waals surface area contributed by atoms with Crippen molar-refractivity contribution in [3.8, 4) is 11.5 Å². The van der Waals surface area contributed by atoms with Gasteiger partial charge >= 0.3 is 0 Å². The van der Waals surface area contributed by atoms with Crippen molar-refractivity contribution >= 4 is 35.3 Å². The number of ether oxygens (including phenoxy) is 1. The van der Waals surface area contributed by atoms with Gasteiger partial charge < -0.3 is 4.74 Å². The fourth-order valence-electron chi connectivity index (χ4n) is 2.15. The van der Waals surface area contributed by atoms with Gasteiger partial charge in [-0.2, -0.15) is 5.10 Å². The third kappa shape index (κ3) is 4.85. The van der Waals surface area contributed by atoms with Gasteiger partial charge in [-0.3, -0.25) is 4.79 Å². The predicted molar refractivity (Wildman–Crippen MR) is 104 cm³/mol. The number of hydrazone groups is 1. The maximum Gasteiger partial charge on any atom is 0.271 e. The summed E-state index contributed by atoms with van der Waals surface area (Å²) >= 11 is 11.7. The lowest BCUT2D eigenvalue weighted by Gasteiger charge is -2.06. The monoisotopic (exact) mass is 384 g/mol. The van der Waals surface area contributed by atoms with Gasteiger partial charge in [0, 0.05) is 5.56 Å². The minimum Gasteiger partial charge on any atom is -0.457 e. The average Bonchev–Trinajstić information content (AvgIpc) is 2.65. The zero-order chi connectivity index (χ0) is 18.4. The van der Waals surface area contributed by atoms with Crippen LogP contribution in [0.2, 0.25) is 10.0 Å². The SMILES string of the molecule is O=C(N/N=C\c1cccc(Oc2ccccc2)c1)c1ccc(Cl)c(Cl)c1. The number of halogens is 2. The van der Waals surface area contributed by atoms with Crippen molar-refractivity contribution in [3.63, 3.8) is 0 Å². The maximum atomic E-state index is 12.1. The first-order valence-electron chi connectivity index (χ1n) is 7.73. The first kappa shape index (κ1) is 18.0. The topological polar surface area (TPSA) is 50.7 Å². The summed E-state index contributed by atoms with van der Waals surface area (Å²) in [5.74, 6) is 1.04. The highest BCUT2D eigenvalue weighted by Crippen LogP contribution is 2.23. The fourth-order valence-corrected chi connectivity index (χ4v) is 2.45. The van der Waals surface area contributed by atoms with E-state index >= 15 is 0 Å². The molecular formula is C20H14Cl2N2O2. The highest BCUT2D eigenvalue weighted by molar-refractivity contribution is 6.42. The van der Waals surface area contributed by atoms with E-state index in [0.29, 0.717) is 21.4 Å². The quantitative estimate of drug-likeness (QED) is 0.463. The van der Waals surface area contributed by atoms with E-state index in [-0.39, 0.29) is 5.91 Å². The Hall–Kier alpha value is -2.82. The molecule has 1 N–H and O–H groups in total. The van der Waals surface area contributed by atoms with E-state index in [1.807, 2.05) is 54.6 Å². The van der Waals surface area contributed by atoms with Crippen LogP contribution in [0, 0.1) is 0 Å². The average molecular weight is 385 g/mol. The van der Waals surface area contributed by atoms with Crippen molar-refractivity contribution < 1.29 is 9.53 Å². The summed E-state index contributed by atoms with van der Waals surface area (Å²) in [5.41, 5.74) is 3.61. The lowest BCUT2D eigenvalue weighted by molar-refractivity contribution is 0.0955. The van der Waals surface area contributed by atoms with E-state index in [1.165, 1.54) is 12.3 Å². The van der Waals surface area contributed by atoms with Gasteiger partial charge in [-0.15, -0.1) is 0 Å². The van der Waals surface area contributed by atoms with Crippen LogP contribution in [0.5, 0.6) is 11.5 Å². The number of carbonyl (C=O) groups excluding carboxylic acids is 1. The molecule has 0 aliphatic rings. The van der Waals surface area contributed by atoms with Crippen molar-refractivity contribution in [2.75, 3.05) is 0 Å². The summed E-state index contributed by atoms with van der Waals surface area (Å²) in [6, 6.07) is 21.5. The van der Waals surface area contributed by atoms with Gasteiger partial charge in [-0.25, -0.2) is 5.43 Å². The van der Waals surface area contributed by atoms with Gasteiger partial charge in [-0.05, 0) is 48.0 Å². The Labute approximate surface area is 161 Å². The predicted octanol–water partition coefficient (Wildman–Crippen LogP) is 5.55. The molecule has 3 rings (SSSR count). The van der Waals surface area contributed by atoms with E-state index in [2.05, 4.69) is 10.5 Å². The molecule has 6 heteroatoms. The summed E-state index contributed by atoms with van der Waals surface area (Å²) in [6.45, 7) is 0. The Morgan fingerprint density at radius 1 is 0.885 bits per heavy atom. The molecule has 0 atom stereocenters. The van der Waals surface area contributed by atoms with Crippen molar-refractivity contribution in [2.45, 2.75) is 0 Å². The number of nitrogens with zero attached hydrogens (tertiary/aromatic N) is 1. The van der Waals surface area contributed by atoms with E-state index in [0.717, 1.165) is 11.3 Å². The molecule has 26 heavy (non-hydrogen) atoms. The summed E-state index contributed by atoms with van der Waals surface area (Å²) in [7, 11) is 0. The molecule has 0 heterocycles. The normalized spacial score (nSPS) is 10.7. The lowest BCUT2D eigenvalue weighted by Crippen LogP contribution is -2.17. The van der Waals surface area contributed by atoms with Crippen molar-refractivity contribution in [1.82, 2.24) is 5.43 Å². The van der Waals surface area contributed by atoms with Crippen LogP contribution in [0.15, 0.2) is 77.9 Å². The van der Waals surface area contributed by atoms with Gasteiger partial charge in [-0.1, -0.05) is 53.5 Å². The van der Waals surface area contributed by atoms with Crippen LogP contribution < -0.4 is 10.2 Å². The molecule has 1 amide bonds. The second-order valence-electron chi connectivity index (χ2n) is 5.32. The molecular weight excluding hydrogens is 371 g/mol. The van der Waals surface area contributed by atoms with Crippen LogP contribution in [0.1, 0.15) is 15.9 Å². The zero-order valence-corrected chi connectivity index (χ0v) is 15.0. The van der Waals surface area contributed by atoms with Crippen LogP contribution in [0.4, 0.5) is 0 Å². The number of nitrogens with one attached hydrogen (secondary N) is 1. The van der Waals surface area contributed by atoms with Crippen LogP contribution in [-0.4, -0.2) is 12.1 Å². The standard InChI is InChI=1S/C20H14Cl2N2O2/c21-18-10-9-15(12-19(18)22)20(25)24-23-13-14-5-4-8-17(11-14)26-16-6-2-1-3-7-16/h1-13H,(H,24,25)/b23-13-. The van der Waals surface area contributed by atoms with Crippen LogP contribution in [0.3, 0.4) is 0 Å². The molecule has 0 saturated carbocycles. The molecule has 0 fully saturated rings. The molecule has 130 valence electrons. The van der Waals surface area contributed by atoms with Crippen LogP contribution in [0.25, 0.3) is 0 Å². The number of para-hydroxylation sites is 1.